The zero-order valence-electron chi connectivity index (χ0n) is 29.0. The maximum atomic E-state index is 14.0. The van der Waals surface area contributed by atoms with E-state index in [1.165, 1.54) is 19.3 Å². The molecule has 0 bridgehead atoms. The SMILES string of the molecule is CC(C)C1CC[C@]2(C(=O)CCC(=O)O)CC[C@]3(C)C(CCC4[C@@]5(C)CC[C@@H](OC(=O)c6ccccc6)C(C)(C)C5CC[C@]43C)C12. The average molecular weight is 619 g/mol. The van der Waals surface area contributed by atoms with E-state index in [0.29, 0.717) is 41.1 Å². The number of hydrogen-bond acceptors (Lipinski definition) is 4. The van der Waals surface area contributed by atoms with Crippen molar-refractivity contribution in [3.05, 3.63) is 35.9 Å². The van der Waals surface area contributed by atoms with Gasteiger partial charge in [0.2, 0.25) is 0 Å². The second-order valence-corrected chi connectivity index (χ2v) is 17.7. The molecule has 0 spiro atoms. The number of ether oxygens (including phenoxy) is 1. The lowest BCUT2D eigenvalue weighted by molar-refractivity contribution is -0.247. The number of esters is 1. The summed E-state index contributed by atoms with van der Waals surface area (Å²) in [5, 5.41) is 9.42. The lowest BCUT2D eigenvalue weighted by atomic mass is 9.32. The highest BCUT2D eigenvalue weighted by atomic mass is 16.5. The van der Waals surface area contributed by atoms with Crippen molar-refractivity contribution in [3.8, 4) is 0 Å². The van der Waals surface area contributed by atoms with Gasteiger partial charge in [0.15, 0.2) is 0 Å². The number of carboxylic acid groups (broad SMARTS) is 1. The van der Waals surface area contributed by atoms with E-state index in [4.69, 9.17) is 4.74 Å². The van der Waals surface area contributed by atoms with Gasteiger partial charge in [-0.3, -0.25) is 9.59 Å². The number of fused-ring (bicyclic) bond motifs is 7. The highest BCUT2D eigenvalue weighted by Gasteiger charge is 2.72. The van der Waals surface area contributed by atoms with Gasteiger partial charge in [-0.05, 0) is 128 Å². The summed E-state index contributed by atoms with van der Waals surface area (Å²) in [6.07, 6.45) is 10.8. The Kier molecular flexibility index (Phi) is 8.17. The number of carbonyl (C=O) groups excluding carboxylic acids is 2. The second kappa shape index (κ2) is 11.2. The van der Waals surface area contributed by atoms with Gasteiger partial charge in [-0.25, -0.2) is 4.79 Å². The standard InChI is InChI=1S/C40H58O5/c1-25(2)27-17-22-40(31(41)15-16-33(42)43)24-23-38(6)28(34(27)40)13-14-30-37(5)20-19-32(45-35(44)26-11-9-8-10-12-26)36(3,4)29(37)18-21-39(30,38)7/h8-12,25,27-30,32,34H,13-24H2,1-7H3,(H,42,43)/t27?,28?,29?,30?,32-,34?,37+,38-,39-,40-/m1/s1. The van der Waals surface area contributed by atoms with Crippen LogP contribution >= 0.6 is 0 Å². The lowest BCUT2D eigenvalue weighted by Crippen LogP contribution is -2.67. The second-order valence-electron chi connectivity index (χ2n) is 17.7. The number of Topliss-reactive ketones (excluding diaryl/α,β-unsaturated/α-hetero) is 1. The van der Waals surface area contributed by atoms with Crippen LogP contribution in [0.1, 0.15) is 136 Å². The predicted molar refractivity (Wildman–Crippen MR) is 177 cm³/mol. The fraction of sp³-hybridized carbons (Fsp3) is 0.775. The number of rotatable bonds is 7. The van der Waals surface area contributed by atoms with Crippen LogP contribution in [-0.4, -0.2) is 28.9 Å². The Bertz CT molecular complexity index is 1320. The van der Waals surface area contributed by atoms with Crippen molar-refractivity contribution < 1.29 is 24.2 Å². The summed E-state index contributed by atoms with van der Waals surface area (Å²) in [5.74, 6) is 2.20. The highest BCUT2D eigenvalue weighted by molar-refractivity contribution is 5.89. The summed E-state index contributed by atoms with van der Waals surface area (Å²) in [4.78, 5) is 38.7. The van der Waals surface area contributed by atoms with E-state index in [1.54, 1.807) is 0 Å². The number of ketones is 1. The van der Waals surface area contributed by atoms with Crippen molar-refractivity contribution in [1.29, 1.82) is 0 Å². The molecule has 6 rings (SSSR count). The van der Waals surface area contributed by atoms with Crippen LogP contribution in [0.2, 0.25) is 0 Å². The maximum Gasteiger partial charge on any atom is 0.338 e. The number of aliphatic carboxylic acids is 1. The highest BCUT2D eigenvalue weighted by Crippen LogP contribution is 2.77. The molecule has 5 aliphatic rings. The first-order chi connectivity index (χ1) is 21.1. The van der Waals surface area contributed by atoms with Crippen molar-refractivity contribution in [2.24, 2.45) is 62.6 Å². The molecule has 0 aliphatic heterocycles. The third kappa shape index (κ3) is 4.78. The summed E-state index contributed by atoms with van der Waals surface area (Å²) >= 11 is 0. The quantitative estimate of drug-likeness (QED) is 0.308. The van der Waals surface area contributed by atoms with E-state index < -0.39 is 5.97 Å². The van der Waals surface area contributed by atoms with Gasteiger partial charge >= 0.3 is 11.9 Å². The largest absolute Gasteiger partial charge is 0.481 e. The van der Waals surface area contributed by atoms with Gasteiger partial charge in [-0.1, -0.05) is 66.7 Å². The van der Waals surface area contributed by atoms with Crippen molar-refractivity contribution >= 4 is 17.7 Å². The Morgan fingerprint density at radius 1 is 0.800 bits per heavy atom. The van der Waals surface area contributed by atoms with E-state index >= 15 is 0 Å². The smallest absolute Gasteiger partial charge is 0.338 e. The molecule has 1 aromatic carbocycles. The van der Waals surface area contributed by atoms with Crippen LogP contribution in [0.3, 0.4) is 0 Å². The Balaban J connectivity index is 1.29. The van der Waals surface area contributed by atoms with Crippen molar-refractivity contribution in [1.82, 2.24) is 0 Å². The molecular formula is C40H58O5. The summed E-state index contributed by atoms with van der Waals surface area (Å²) in [6, 6.07) is 9.42. The van der Waals surface area contributed by atoms with E-state index in [0.717, 1.165) is 44.9 Å². The molecule has 248 valence electrons. The van der Waals surface area contributed by atoms with Crippen molar-refractivity contribution in [2.75, 3.05) is 0 Å². The minimum Gasteiger partial charge on any atom is -0.481 e. The van der Waals surface area contributed by atoms with Crippen LogP contribution in [0, 0.1) is 62.6 Å². The van der Waals surface area contributed by atoms with Crippen molar-refractivity contribution in [2.45, 2.75) is 132 Å². The molecule has 10 atom stereocenters. The summed E-state index contributed by atoms with van der Waals surface area (Å²) < 4.78 is 6.30. The van der Waals surface area contributed by atoms with Crippen molar-refractivity contribution in [3.63, 3.8) is 0 Å². The van der Waals surface area contributed by atoms with Gasteiger partial charge in [-0.15, -0.1) is 0 Å². The molecule has 0 radical (unpaired) electrons. The fourth-order valence-corrected chi connectivity index (χ4v) is 13.3. The van der Waals surface area contributed by atoms with Gasteiger partial charge in [0.05, 0.1) is 12.0 Å². The van der Waals surface area contributed by atoms with E-state index in [-0.39, 0.29) is 57.8 Å². The molecular weight excluding hydrogens is 560 g/mol. The fourth-order valence-electron chi connectivity index (χ4n) is 13.3. The normalized spacial score (nSPS) is 43.4. The minimum absolute atomic E-state index is 0.0431. The minimum atomic E-state index is -0.860. The topological polar surface area (TPSA) is 80.7 Å². The number of benzene rings is 1. The van der Waals surface area contributed by atoms with Gasteiger partial charge in [0, 0.05) is 17.3 Å². The summed E-state index contributed by atoms with van der Waals surface area (Å²) in [5.41, 5.74) is 0.712. The monoisotopic (exact) mass is 618 g/mol. The first-order valence-corrected chi connectivity index (χ1v) is 18.1. The summed E-state index contributed by atoms with van der Waals surface area (Å²) in [7, 11) is 0. The number of carboxylic acids is 1. The first-order valence-electron chi connectivity index (χ1n) is 18.1. The Hall–Kier alpha value is -2.17. The molecule has 0 heterocycles. The van der Waals surface area contributed by atoms with Crippen LogP contribution < -0.4 is 0 Å². The molecule has 5 heteroatoms. The van der Waals surface area contributed by atoms with Gasteiger partial charge < -0.3 is 9.84 Å². The molecule has 5 saturated carbocycles. The van der Waals surface area contributed by atoms with E-state index in [1.807, 2.05) is 30.3 Å². The third-order valence-electron chi connectivity index (χ3n) is 15.7. The predicted octanol–water partition coefficient (Wildman–Crippen LogP) is 9.38. The van der Waals surface area contributed by atoms with Crippen LogP contribution in [0.15, 0.2) is 30.3 Å². The van der Waals surface area contributed by atoms with E-state index in [9.17, 15) is 19.5 Å². The Labute approximate surface area is 271 Å². The molecule has 45 heavy (non-hydrogen) atoms. The van der Waals surface area contributed by atoms with E-state index in [2.05, 4.69) is 48.5 Å². The van der Waals surface area contributed by atoms with Gasteiger partial charge in [0.25, 0.3) is 0 Å². The molecule has 5 aliphatic carbocycles. The third-order valence-corrected chi connectivity index (χ3v) is 15.7. The molecule has 5 nitrogen and oxygen atoms in total. The number of carbonyl (C=O) groups is 3. The Morgan fingerprint density at radius 2 is 1.51 bits per heavy atom. The van der Waals surface area contributed by atoms with Gasteiger partial charge in [0.1, 0.15) is 11.9 Å². The molecule has 0 amide bonds. The number of hydrogen-bond donors (Lipinski definition) is 1. The molecule has 0 aromatic heterocycles. The molecule has 5 unspecified atom stereocenters. The molecule has 1 aromatic rings. The lowest BCUT2D eigenvalue weighted by Gasteiger charge is -2.73. The zero-order valence-corrected chi connectivity index (χ0v) is 29.0. The molecule has 5 fully saturated rings. The first kappa shape index (κ1) is 32.8. The van der Waals surface area contributed by atoms with Crippen LogP contribution in [-0.2, 0) is 14.3 Å². The molecule has 0 saturated heterocycles. The maximum absolute atomic E-state index is 14.0. The zero-order chi connectivity index (χ0) is 32.6. The van der Waals surface area contributed by atoms with Crippen LogP contribution in [0.4, 0.5) is 0 Å². The Morgan fingerprint density at radius 3 is 2.18 bits per heavy atom. The summed E-state index contributed by atoms with van der Waals surface area (Å²) in [6.45, 7) is 17.2. The van der Waals surface area contributed by atoms with Gasteiger partial charge in [-0.2, -0.15) is 0 Å². The van der Waals surface area contributed by atoms with Crippen LogP contribution in [0.25, 0.3) is 0 Å². The van der Waals surface area contributed by atoms with Crippen LogP contribution in [0.5, 0.6) is 0 Å². The molecule has 1 N–H and O–H groups in total. The average Bonchev–Trinajstić information content (AvgIpc) is 3.39.